The number of piperazine rings is 1. The molecule has 0 atom stereocenters. The number of aromatic amines is 1. The molecule has 2 amide bonds. The lowest BCUT2D eigenvalue weighted by molar-refractivity contribution is 0.144. The van der Waals surface area contributed by atoms with Crippen molar-refractivity contribution in [1.82, 2.24) is 14.9 Å². The van der Waals surface area contributed by atoms with Crippen LogP contribution in [0.15, 0.2) is 30.6 Å². The van der Waals surface area contributed by atoms with Gasteiger partial charge in [0.25, 0.3) is 0 Å². The number of methoxy groups -OCH3 is 1. The molecule has 0 radical (unpaired) electrons. The standard InChI is InChI=1S/C22H26F2N6O2/c1-14-9-15(12-26-21(14)30-5-3-29(4-6-30)7-8-32-2)27-22(31)28-20-13-25-19-11-18(24)17(23)10-16(19)20/h9-13,25H,3-8H2,1-2H3,(H2,27,28,31). The van der Waals surface area contributed by atoms with Crippen LogP contribution < -0.4 is 15.5 Å². The van der Waals surface area contributed by atoms with Crippen LogP contribution in [0.25, 0.3) is 10.9 Å². The van der Waals surface area contributed by atoms with Crippen LogP contribution in [-0.4, -0.2) is 67.3 Å². The number of nitrogens with zero attached hydrogens (tertiary/aromatic N) is 3. The first-order valence-electron chi connectivity index (χ1n) is 10.4. The third-order valence-corrected chi connectivity index (χ3v) is 5.56. The van der Waals surface area contributed by atoms with Gasteiger partial charge in [-0.25, -0.2) is 18.6 Å². The summed E-state index contributed by atoms with van der Waals surface area (Å²) in [5.41, 5.74) is 2.24. The molecule has 4 rings (SSSR count). The number of benzene rings is 1. The fourth-order valence-electron chi connectivity index (χ4n) is 3.88. The Bertz CT molecular complexity index is 1110. The van der Waals surface area contributed by atoms with Gasteiger partial charge in [-0.1, -0.05) is 0 Å². The van der Waals surface area contributed by atoms with E-state index in [-0.39, 0.29) is 0 Å². The number of nitrogens with one attached hydrogen (secondary N) is 3. The minimum atomic E-state index is -0.976. The predicted octanol–water partition coefficient (Wildman–Crippen LogP) is 3.56. The first kappa shape index (κ1) is 22.0. The second-order valence-electron chi connectivity index (χ2n) is 7.78. The molecule has 8 nitrogen and oxygen atoms in total. The molecule has 2 aromatic heterocycles. The zero-order valence-electron chi connectivity index (χ0n) is 18.0. The van der Waals surface area contributed by atoms with Crippen LogP contribution in [0.1, 0.15) is 5.56 Å². The lowest BCUT2D eigenvalue weighted by Crippen LogP contribution is -2.47. The minimum Gasteiger partial charge on any atom is -0.383 e. The monoisotopic (exact) mass is 444 g/mol. The fraction of sp³-hybridized carbons (Fsp3) is 0.364. The number of pyridine rings is 1. The van der Waals surface area contributed by atoms with Crippen LogP contribution in [0, 0.1) is 18.6 Å². The summed E-state index contributed by atoms with van der Waals surface area (Å²) in [7, 11) is 1.71. The molecule has 1 aliphatic rings. The molecule has 3 heterocycles. The third-order valence-electron chi connectivity index (χ3n) is 5.56. The van der Waals surface area contributed by atoms with Crippen molar-refractivity contribution in [3.05, 3.63) is 47.8 Å². The number of ether oxygens (including phenoxy) is 1. The summed E-state index contributed by atoms with van der Waals surface area (Å²) in [6.45, 7) is 7.26. The maximum Gasteiger partial charge on any atom is 0.323 e. The largest absolute Gasteiger partial charge is 0.383 e. The third kappa shape index (κ3) is 4.81. The number of carbonyl (C=O) groups excluding carboxylic acids is 1. The summed E-state index contributed by atoms with van der Waals surface area (Å²) in [4.78, 5) is 24.4. The summed E-state index contributed by atoms with van der Waals surface area (Å²) >= 11 is 0. The number of amides is 2. The number of H-pyrrole nitrogens is 1. The van der Waals surface area contributed by atoms with Crippen molar-refractivity contribution >= 4 is 34.1 Å². The molecular formula is C22H26F2N6O2. The molecule has 0 unspecified atom stereocenters. The molecule has 32 heavy (non-hydrogen) atoms. The topological polar surface area (TPSA) is 85.5 Å². The van der Waals surface area contributed by atoms with Crippen LogP contribution in [0.5, 0.6) is 0 Å². The van der Waals surface area contributed by atoms with Gasteiger partial charge in [0.05, 0.1) is 29.7 Å². The van der Waals surface area contributed by atoms with Crippen molar-refractivity contribution in [2.45, 2.75) is 6.92 Å². The Morgan fingerprint density at radius 1 is 1.16 bits per heavy atom. The molecule has 1 fully saturated rings. The van der Waals surface area contributed by atoms with Crippen LogP contribution in [0.4, 0.5) is 30.8 Å². The van der Waals surface area contributed by atoms with Crippen LogP contribution in [0.3, 0.4) is 0 Å². The highest BCUT2D eigenvalue weighted by Crippen LogP contribution is 2.26. The van der Waals surface area contributed by atoms with Crippen LogP contribution >= 0.6 is 0 Å². The van der Waals surface area contributed by atoms with Gasteiger partial charge in [-0.15, -0.1) is 0 Å². The Hall–Kier alpha value is -3.24. The van der Waals surface area contributed by atoms with E-state index in [1.54, 1.807) is 13.3 Å². The summed E-state index contributed by atoms with van der Waals surface area (Å²) in [5.74, 6) is -1.03. The number of aromatic nitrogens is 2. The normalized spacial score (nSPS) is 14.7. The predicted molar refractivity (Wildman–Crippen MR) is 120 cm³/mol. The number of aryl methyl sites for hydroxylation is 1. The molecule has 1 aromatic carbocycles. The van der Waals surface area contributed by atoms with E-state index in [0.29, 0.717) is 22.3 Å². The van der Waals surface area contributed by atoms with Crippen molar-refractivity contribution in [3.63, 3.8) is 0 Å². The summed E-state index contributed by atoms with van der Waals surface area (Å²) in [6, 6.07) is 3.46. The lowest BCUT2D eigenvalue weighted by Gasteiger charge is -2.35. The number of hydrogen-bond acceptors (Lipinski definition) is 5. The average molecular weight is 444 g/mol. The average Bonchev–Trinajstić information content (AvgIpc) is 3.14. The Kier molecular flexibility index (Phi) is 6.52. The number of fused-ring (bicyclic) bond motifs is 1. The molecule has 10 heteroatoms. The number of carbonyl (C=O) groups is 1. The van der Waals surface area contributed by atoms with Gasteiger partial charge in [0.2, 0.25) is 0 Å². The van der Waals surface area contributed by atoms with Gasteiger partial charge in [0, 0.05) is 57.5 Å². The second kappa shape index (κ2) is 9.49. The molecule has 3 N–H and O–H groups in total. The Morgan fingerprint density at radius 3 is 2.62 bits per heavy atom. The maximum absolute atomic E-state index is 13.6. The Balaban J connectivity index is 1.38. The van der Waals surface area contributed by atoms with E-state index in [2.05, 4.69) is 30.4 Å². The fourth-order valence-corrected chi connectivity index (χ4v) is 3.88. The second-order valence-corrected chi connectivity index (χ2v) is 7.78. The number of anilines is 3. The van der Waals surface area contributed by atoms with Gasteiger partial charge in [-0.2, -0.15) is 0 Å². The Morgan fingerprint density at radius 2 is 1.91 bits per heavy atom. The van der Waals surface area contributed by atoms with E-state index < -0.39 is 17.7 Å². The highest BCUT2D eigenvalue weighted by atomic mass is 19.2. The highest BCUT2D eigenvalue weighted by molar-refractivity contribution is 6.05. The molecule has 0 spiro atoms. The molecule has 1 saturated heterocycles. The van der Waals surface area contributed by atoms with Gasteiger partial charge in [-0.3, -0.25) is 4.90 Å². The lowest BCUT2D eigenvalue weighted by atomic mass is 10.2. The Labute approximate surface area is 184 Å². The summed E-state index contributed by atoms with van der Waals surface area (Å²) < 4.78 is 32.1. The van der Waals surface area contributed by atoms with Crippen molar-refractivity contribution in [2.75, 3.05) is 62.0 Å². The minimum absolute atomic E-state index is 0.351. The molecule has 170 valence electrons. The van der Waals surface area contributed by atoms with E-state index in [9.17, 15) is 13.6 Å². The van der Waals surface area contributed by atoms with E-state index in [1.807, 2.05) is 13.0 Å². The summed E-state index contributed by atoms with van der Waals surface area (Å²) in [5, 5.41) is 5.77. The molecule has 1 aliphatic heterocycles. The van der Waals surface area contributed by atoms with E-state index in [1.165, 1.54) is 6.20 Å². The smallest absolute Gasteiger partial charge is 0.323 e. The van der Waals surface area contributed by atoms with Crippen molar-refractivity contribution in [3.8, 4) is 0 Å². The quantitative estimate of drug-likeness (QED) is 0.541. The number of rotatable bonds is 6. The van der Waals surface area contributed by atoms with Gasteiger partial charge >= 0.3 is 6.03 Å². The zero-order valence-corrected chi connectivity index (χ0v) is 18.0. The first-order valence-corrected chi connectivity index (χ1v) is 10.4. The van der Waals surface area contributed by atoms with Gasteiger partial charge in [-0.05, 0) is 24.6 Å². The molecule has 3 aromatic rings. The van der Waals surface area contributed by atoms with Gasteiger partial charge in [0.1, 0.15) is 5.82 Å². The van der Waals surface area contributed by atoms with E-state index >= 15 is 0 Å². The van der Waals surface area contributed by atoms with Crippen LogP contribution in [0.2, 0.25) is 0 Å². The molecule has 0 bridgehead atoms. The van der Waals surface area contributed by atoms with E-state index in [0.717, 1.165) is 62.8 Å². The maximum atomic E-state index is 13.6. The van der Waals surface area contributed by atoms with Gasteiger partial charge in [0.15, 0.2) is 11.6 Å². The molecule has 0 saturated carbocycles. The molecule has 0 aliphatic carbocycles. The highest BCUT2D eigenvalue weighted by Gasteiger charge is 2.19. The zero-order chi connectivity index (χ0) is 22.7. The van der Waals surface area contributed by atoms with Gasteiger partial charge < -0.3 is 25.3 Å². The van der Waals surface area contributed by atoms with E-state index in [4.69, 9.17) is 4.74 Å². The number of urea groups is 1. The SMILES string of the molecule is COCCN1CCN(c2ncc(NC(=O)Nc3c[nH]c4cc(F)c(F)cc34)cc2C)CC1. The van der Waals surface area contributed by atoms with Crippen molar-refractivity contribution in [2.24, 2.45) is 0 Å². The first-order chi connectivity index (χ1) is 15.4. The van der Waals surface area contributed by atoms with Crippen molar-refractivity contribution < 1.29 is 18.3 Å². The van der Waals surface area contributed by atoms with Crippen LogP contribution in [-0.2, 0) is 4.74 Å². The van der Waals surface area contributed by atoms with Crippen molar-refractivity contribution in [1.29, 1.82) is 0 Å². The molecular weight excluding hydrogens is 418 g/mol. The summed E-state index contributed by atoms with van der Waals surface area (Å²) in [6.07, 6.45) is 3.10. The number of halogens is 2. The number of hydrogen-bond donors (Lipinski definition) is 3.